The molecule has 1 aromatic rings. The van der Waals surface area contributed by atoms with Gasteiger partial charge in [-0.3, -0.25) is 11.3 Å². The summed E-state index contributed by atoms with van der Waals surface area (Å²) in [7, 11) is 0. The van der Waals surface area contributed by atoms with E-state index < -0.39 is 0 Å². The summed E-state index contributed by atoms with van der Waals surface area (Å²) in [6.07, 6.45) is 4.26. The Balaban J connectivity index is 1.83. The second-order valence-electron chi connectivity index (χ2n) is 5.82. The summed E-state index contributed by atoms with van der Waals surface area (Å²) in [5.41, 5.74) is 7.16. The molecule has 2 heteroatoms. The van der Waals surface area contributed by atoms with Crippen molar-refractivity contribution in [2.45, 2.75) is 39.2 Å². The molecule has 0 spiro atoms. The van der Waals surface area contributed by atoms with Gasteiger partial charge in [-0.05, 0) is 61.1 Å². The molecule has 3 N–H and O–H groups in total. The van der Waals surface area contributed by atoms with E-state index >= 15 is 0 Å². The largest absolute Gasteiger partial charge is 0.271 e. The van der Waals surface area contributed by atoms with Crippen LogP contribution in [0.1, 0.15) is 42.0 Å². The zero-order valence-electron chi connectivity index (χ0n) is 10.7. The van der Waals surface area contributed by atoms with Gasteiger partial charge >= 0.3 is 0 Å². The van der Waals surface area contributed by atoms with Crippen LogP contribution in [0, 0.1) is 31.6 Å². The monoisotopic (exact) mass is 230 g/mol. The van der Waals surface area contributed by atoms with Gasteiger partial charge in [0, 0.05) is 6.04 Å². The number of nitrogens with one attached hydrogen (secondary N) is 1. The molecule has 2 aliphatic rings. The molecule has 0 aliphatic heterocycles. The molecule has 17 heavy (non-hydrogen) atoms. The van der Waals surface area contributed by atoms with Crippen LogP contribution in [-0.4, -0.2) is 0 Å². The van der Waals surface area contributed by atoms with Crippen LogP contribution in [0.5, 0.6) is 0 Å². The highest BCUT2D eigenvalue weighted by atomic mass is 15.2. The first kappa shape index (κ1) is 11.2. The van der Waals surface area contributed by atoms with Crippen molar-refractivity contribution in [3.63, 3.8) is 0 Å². The number of hydrogen-bond acceptors (Lipinski definition) is 2. The number of hydrogen-bond donors (Lipinski definition) is 2. The van der Waals surface area contributed by atoms with Crippen molar-refractivity contribution >= 4 is 0 Å². The van der Waals surface area contributed by atoms with Gasteiger partial charge < -0.3 is 0 Å². The van der Waals surface area contributed by atoms with Crippen LogP contribution in [0.3, 0.4) is 0 Å². The van der Waals surface area contributed by atoms with E-state index in [1.807, 2.05) is 0 Å². The summed E-state index contributed by atoms with van der Waals surface area (Å²) in [6, 6.07) is 7.12. The smallest absolute Gasteiger partial charge is 0.0493 e. The Bertz CT molecular complexity index is 417. The Morgan fingerprint density at radius 2 is 1.88 bits per heavy atom. The molecule has 3 rings (SSSR count). The van der Waals surface area contributed by atoms with Crippen LogP contribution in [0.15, 0.2) is 18.2 Å². The minimum Gasteiger partial charge on any atom is -0.271 e. The van der Waals surface area contributed by atoms with Crippen LogP contribution in [0.4, 0.5) is 0 Å². The lowest BCUT2D eigenvalue weighted by Gasteiger charge is -2.19. The maximum Gasteiger partial charge on any atom is 0.0493 e. The highest BCUT2D eigenvalue weighted by Gasteiger charge is 2.55. The van der Waals surface area contributed by atoms with Gasteiger partial charge in [-0.15, -0.1) is 0 Å². The lowest BCUT2D eigenvalue weighted by atomic mass is 9.95. The molecular formula is C15H22N2. The van der Waals surface area contributed by atoms with Gasteiger partial charge in [0.2, 0.25) is 0 Å². The fraction of sp³-hybridized carbons (Fsp3) is 0.600. The van der Waals surface area contributed by atoms with E-state index in [-0.39, 0.29) is 0 Å². The average Bonchev–Trinajstić information content (AvgIpc) is 2.79. The summed E-state index contributed by atoms with van der Waals surface area (Å²) in [5, 5.41) is 0. The highest BCUT2D eigenvalue weighted by Crippen LogP contribution is 2.62. The van der Waals surface area contributed by atoms with E-state index in [9.17, 15) is 0 Å². The van der Waals surface area contributed by atoms with Gasteiger partial charge in [0.15, 0.2) is 0 Å². The maximum absolute atomic E-state index is 5.79. The summed E-state index contributed by atoms with van der Waals surface area (Å²) in [5.74, 6) is 8.46. The van der Waals surface area contributed by atoms with E-state index in [2.05, 4.69) is 37.5 Å². The third kappa shape index (κ3) is 1.80. The van der Waals surface area contributed by atoms with Gasteiger partial charge in [0.1, 0.15) is 0 Å². The second-order valence-corrected chi connectivity index (χ2v) is 5.82. The van der Waals surface area contributed by atoms with Crippen molar-refractivity contribution in [2.24, 2.45) is 23.6 Å². The second kappa shape index (κ2) is 4.11. The van der Waals surface area contributed by atoms with Crippen molar-refractivity contribution in [1.29, 1.82) is 0 Å². The fourth-order valence-corrected chi connectivity index (χ4v) is 3.76. The van der Waals surface area contributed by atoms with Gasteiger partial charge in [-0.1, -0.05) is 24.6 Å². The normalized spacial score (nSPS) is 32.3. The van der Waals surface area contributed by atoms with Gasteiger partial charge in [-0.2, -0.15) is 0 Å². The lowest BCUT2D eigenvalue weighted by Crippen LogP contribution is -2.30. The Labute approximate surface area is 104 Å². The van der Waals surface area contributed by atoms with E-state index in [4.69, 9.17) is 5.84 Å². The van der Waals surface area contributed by atoms with Crippen molar-refractivity contribution in [1.82, 2.24) is 5.43 Å². The molecule has 0 aromatic heterocycles. The van der Waals surface area contributed by atoms with Crippen LogP contribution in [0.25, 0.3) is 0 Å². The Kier molecular flexibility index (Phi) is 2.72. The topological polar surface area (TPSA) is 38.0 Å². The van der Waals surface area contributed by atoms with Crippen molar-refractivity contribution in [3.8, 4) is 0 Å². The first-order valence-electron chi connectivity index (χ1n) is 6.75. The first-order valence-corrected chi connectivity index (χ1v) is 6.75. The number of hydrazine groups is 1. The Morgan fingerprint density at radius 3 is 2.47 bits per heavy atom. The van der Waals surface area contributed by atoms with E-state index in [0.29, 0.717) is 6.04 Å². The molecule has 0 radical (unpaired) electrons. The third-order valence-electron chi connectivity index (χ3n) is 4.93. The van der Waals surface area contributed by atoms with Gasteiger partial charge in [0.05, 0.1) is 0 Å². The zero-order chi connectivity index (χ0) is 12.0. The number of rotatable bonds is 3. The maximum atomic E-state index is 5.79. The van der Waals surface area contributed by atoms with Crippen LogP contribution < -0.4 is 11.3 Å². The van der Waals surface area contributed by atoms with E-state index in [1.165, 1.54) is 36.0 Å². The third-order valence-corrected chi connectivity index (χ3v) is 4.93. The molecular weight excluding hydrogens is 208 g/mol. The molecule has 2 nitrogen and oxygen atoms in total. The molecule has 3 unspecified atom stereocenters. The Hall–Kier alpha value is -0.860. The highest BCUT2D eigenvalue weighted by molar-refractivity contribution is 5.33. The lowest BCUT2D eigenvalue weighted by molar-refractivity contribution is 0.425. The molecule has 3 atom stereocenters. The molecule has 0 saturated heterocycles. The Morgan fingerprint density at radius 1 is 1.18 bits per heavy atom. The number of aryl methyl sites for hydroxylation is 2. The van der Waals surface area contributed by atoms with Gasteiger partial charge in [-0.25, -0.2) is 0 Å². The van der Waals surface area contributed by atoms with E-state index in [0.717, 1.165) is 17.8 Å². The van der Waals surface area contributed by atoms with Crippen molar-refractivity contribution < 1.29 is 0 Å². The minimum atomic E-state index is 0.365. The quantitative estimate of drug-likeness (QED) is 0.619. The molecule has 2 saturated carbocycles. The number of fused-ring (bicyclic) bond motifs is 1. The molecule has 2 fully saturated rings. The number of benzene rings is 1. The SMILES string of the molecule is Cc1ccc(C(NN)C2C3CCCC32)cc1C. The molecule has 2 aliphatic carbocycles. The molecule has 0 heterocycles. The van der Waals surface area contributed by atoms with Crippen LogP contribution in [-0.2, 0) is 0 Å². The predicted molar refractivity (Wildman–Crippen MR) is 70.3 cm³/mol. The molecule has 0 bridgehead atoms. The first-order chi connectivity index (χ1) is 8.22. The zero-order valence-corrected chi connectivity index (χ0v) is 10.7. The predicted octanol–water partition coefficient (Wildman–Crippen LogP) is 2.85. The van der Waals surface area contributed by atoms with Crippen LogP contribution >= 0.6 is 0 Å². The van der Waals surface area contributed by atoms with Crippen molar-refractivity contribution in [2.75, 3.05) is 0 Å². The molecule has 92 valence electrons. The minimum absolute atomic E-state index is 0.365. The summed E-state index contributed by atoms with van der Waals surface area (Å²) in [6.45, 7) is 4.34. The summed E-state index contributed by atoms with van der Waals surface area (Å²) in [4.78, 5) is 0. The van der Waals surface area contributed by atoms with E-state index in [1.54, 1.807) is 0 Å². The standard InChI is InChI=1S/C15H22N2/c1-9-6-7-11(8-10(9)2)15(17-16)14-12-4-3-5-13(12)14/h6-8,12-15,17H,3-5,16H2,1-2H3. The van der Waals surface area contributed by atoms with Gasteiger partial charge in [0.25, 0.3) is 0 Å². The summed E-state index contributed by atoms with van der Waals surface area (Å²) >= 11 is 0. The summed E-state index contributed by atoms with van der Waals surface area (Å²) < 4.78 is 0. The average molecular weight is 230 g/mol. The van der Waals surface area contributed by atoms with Crippen molar-refractivity contribution in [3.05, 3.63) is 34.9 Å². The molecule has 0 amide bonds. The van der Waals surface area contributed by atoms with Crippen LogP contribution in [0.2, 0.25) is 0 Å². The number of nitrogens with two attached hydrogens (primary N) is 1. The fourth-order valence-electron chi connectivity index (χ4n) is 3.76. The molecule has 1 aromatic carbocycles.